The number of amides is 1. The lowest BCUT2D eigenvalue weighted by molar-refractivity contribution is 0.0930. The molecule has 1 unspecified atom stereocenters. The molecule has 5 rings (SSSR count). The van der Waals surface area contributed by atoms with E-state index in [1.807, 2.05) is 13.0 Å². The molecular weight excluding hydrogens is 372 g/mol. The van der Waals surface area contributed by atoms with Crippen molar-refractivity contribution in [1.82, 2.24) is 10.2 Å². The van der Waals surface area contributed by atoms with E-state index in [4.69, 9.17) is 4.74 Å². The fourth-order valence-corrected chi connectivity index (χ4v) is 4.75. The van der Waals surface area contributed by atoms with Crippen molar-refractivity contribution < 1.29 is 9.53 Å². The number of nitrogens with zero attached hydrogens (tertiary/aromatic N) is 1. The van der Waals surface area contributed by atoms with Crippen LogP contribution in [-0.4, -0.2) is 37.6 Å². The average molecular weight is 401 g/mol. The molecule has 0 spiro atoms. The van der Waals surface area contributed by atoms with Gasteiger partial charge in [-0.25, -0.2) is 0 Å². The molecule has 0 radical (unpaired) electrons. The van der Waals surface area contributed by atoms with Crippen LogP contribution in [0.25, 0.3) is 10.8 Å². The molecule has 0 saturated heterocycles. The maximum atomic E-state index is 13.3. The molecule has 1 heterocycles. The van der Waals surface area contributed by atoms with Gasteiger partial charge in [0.25, 0.3) is 5.91 Å². The Hall–Kier alpha value is -2.85. The summed E-state index contributed by atoms with van der Waals surface area (Å²) >= 11 is 0. The van der Waals surface area contributed by atoms with Gasteiger partial charge in [0.1, 0.15) is 11.9 Å². The van der Waals surface area contributed by atoms with Crippen molar-refractivity contribution in [3.63, 3.8) is 0 Å². The summed E-state index contributed by atoms with van der Waals surface area (Å²) in [6, 6.07) is 18.8. The molecule has 3 aromatic carbocycles. The zero-order chi connectivity index (χ0) is 20.9. The van der Waals surface area contributed by atoms with Crippen molar-refractivity contribution in [2.75, 3.05) is 20.6 Å². The first-order valence-corrected chi connectivity index (χ1v) is 10.7. The summed E-state index contributed by atoms with van der Waals surface area (Å²) in [7, 11) is 4.11. The van der Waals surface area contributed by atoms with Crippen molar-refractivity contribution in [3.8, 4) is 5.75 Å². The van der Waals surface area contributed by atoms with Gasteiger partial charge in [-0.05, 0) is 67.4 Å². The molecule has 4 heteroatoms. The monoisotopic (exact) mass is 400 g/mol. The van der Waals surface area contributed by atoms with Gasteiger partial charge in [-0.1, -0.05) is 48.5 Å². The van der Waals surface area contributed by atoms with Gasteiger partial charge in [0.05, 0.1) is 5.54 Å². The third-order valence-corrected chi connectivity index (χ3v) is 6.37. The topological polar surface area (TPSA) is 41.6 Å². The Morgan fingerprint density at radius 3 is 2.67 bits per heavy atom. The van der Waals surface area contributed by atoms with Gasteiger partial charge >= 0.3 is 0 Å². The number of aryl methyl sites for hydroxylation is 1. The van der Waals surface area contributed by atoms with E-state index in [-0.39, 0.29) is 17.6 Å². The smallest absolute Gasteiger partial charge is 0.252 e. The number of hydrogen-bond acceptors (Lipinski definition) is 3. The molecule has 1 N–H and O–H groups in total. The second-order valence-electron chi connectivity index (χ2n) is 9.04. The van der Waals surface area contributed by atoms with Crippen LogP contribution in [0.3, 0.4) is 0 Å². The average Bonchev–Trinajstić information content (AvgIpc) is 3.39. The van der Waals surface area contributed by atoms with Gasteiger partial charge in [0.15, 0.2) is 0 Å². The fraction of sp³-hybridized carbons (Fsp3) is 0.346. The molecule has 1 aliphatic carbocycles. The fourth-order valence-electron chi connectivity index (χ4n) is 4.75. The molecule has 3 aromatic rings. The quantitative estimate of drug-likeness (QED) is 0.689. The third kappa shape index (κ3) is 3.35. The van der Waals surface area contributed by atoms with Crippen molar-refractivity contribution in [3.05, 3.63) is 76.9 Å². The minimum atomic E-state index is -0.266. The van der Waals surface area contributed by atoms with E-state index in [0.717, 1.165) is 37.1 Å². The second-order valence-corrected chi connectivity index (χ2v) is 9.04. The summed E-state index contributed by atoms with van der Waals surface area (Å²) in [5.74, 6) is 0.841. The van der Waals surface area contributed by atoms with Gasteiger partial charge in [0, 0.05) is 18.5 Å². The first-order valence-electron chi connectivity index (χ1n) is 10.7. The lowest BCUT2D eigenvalue weighted by Crippen LogP contribution is -2.35. The summed E-state index contributed by atoms with van der Waals surface area (Å²) in [5.41, 5.74) is 3.87. The maximum Gasteiger partial charge on any atom is 0.252 e. The van der Waals surface area contributed by atoms with Crippen molar-refractivity contribution in [2.45, 2.75) is 37.8 Å². The molecule has 1 atom stereocenters. The Bertz CT molecular complexity index is 1130. The number of ether oxygens (including phenoxy) is 1. The summed E-state index contributed by atoms with van der Waals surface area (Å²) < 4.78 is 6.13. The van der Waals surface area contributed by atoms with Crippen LogP contribution in [-0.2, 0) is 12.0 Å². The Labute approximate surface area is 177 Å². The van der Waals surface area contributed by atoms with E-state index in [9.17, 15) is 4.79 Å². The highest BCUT2D eigenvalue weighted by Crippen LogP contribution is 2.48. The predicted octanol–water partition coefficient (Wildman–Crippen LogP) is 4.43. The lowest BCUT2D eigenvalue weighted by atomic mass is 9.96. The number of fused-ring (bicyclic) bond motifs is 2. The number of likely N-dealkylation sites (N-methyl/N-ethyl adjacent to an activating group) is 1. The van der Waals surface area contributed by atoms with Crippen LogP contribution in [0.5, 0.6) is 5.75 Å². The van der Waals surface area contributed by atoms with Gasteiger partial charge in [0.2, 0.25) is 0 Å². The van der Waals surface area contributed by atoms with Crippen molar-refractivity contribution in [2.24, 2.45) is 0 Å². The van der Waals surface area contributed by atoms with E-state index in [0.29, 0.717) is 5.56 Å². The minimum Gasteiger partial charge on any atom is -0.488 e. The van der Waals surface area contributed by atoms with Gasteiger partial charge in [-0.2, -0.15) is 0 Å². The summed E-state index contributed by atoms with van der Waals surface area (Å²) in [6.45, 7) is 2.89. The van der Waals surface area contributed by atoms with Crippen LogP contribution in [0.15, 0.2) is 54.6 Å². The Balaban J connectivity index is 1.41. The molecule has 30 heavy (non-hydrogen) atoms. The summed E-state index contributed by atoms with van der Waals surface area (Å²) in [5, 5.41) is 5.80. The molecule has 1 fully saturated rings. The Morgan fingerprint density at radius 2 is 1.90 bits per heavy atom. The Morgan fingerprint density at radius 1 is 1.13 bits per heavy atom. The summed E-state index contributed by atoms with van der Waals surface area (Å²) in [6.07, 6.45) is 2.99. The molecule has 154 valence electrons. The standard InChI is InChI=1S/C26H28N2O2/c1-17-13-19-14-20(16-28(2)3)30-24(19)15-22(17)25(29)27-26(11-12-26)23-10-6-8-18-7-4-5-9-21(18)23/h4-10,13,15,20H,11-12,14,16H2,1-3H3,(H,27,29). The van der Waals surface area contributed by atoms with Crippen LogP contribution in [0.4, 0.5) is 0 Å². The van der Waals surface area contributed by atoms with E-state index in [1.54, 1.807) is 0 Å². The molecule has 1 aliphatic heterocycles. The SMILES string of the molecule is Cc1cc2c(cc1C(=O)NC1(c3cccc4ccccc34)CC1)OC(CN(C)C)C2. The number of nitrogens with one attached hydrogen (secondary N) is 1. The zero-order valence-electron chi connectivity index (χ0n) is 17.9. The number of rotatable bonds is 5. The predicted molar refractivity (Wildman–Crippen MR) is 120 cm³/mol. The molecular formula is C26H28N2O2. The highest BCUT2D eigenvalue weighted by Gasteiger charge is 2.46. The molecule has 0 bridgehead atoms. The highest BCUT2D eigenvalue weighted by molar-refractivity contribution is 5.98. The lowest BCUT2D eigenvalue weighted by Gasteiger charge is -2.21. The van der Waals surface area contributed by atoms with Crippen LogP contribution < -0.4 is 10.1 Å². The van der Waals surface area contributed by atoms with E-state index in [1.165, 1.54) is 21.9 Å². The maximum absolute atomic E-state index is 13.3. The molecule has 4 nitrogen and oxygen atoms in total. The minimum absolute atomic E-state index is 0.0135. The second kappa shape index (κ2) is 7.13. The molecule has 0 aromatic heterocycles. The Kier molecular flexibility index (Phi) is 4.55. The van der Waals surface area contributed by atoms with E-state index >= 15 is 0 Å². The largest absolute Gasteiger partial charge is 0.488 e. The van der Waals surface area contributed by atoms with E-state index < -0.39 is 0 Å². The van der Waals surface area contributed by atoms with Crippen LogP contribution in [0, 0.1) is 6.92 Å². The van der Waals surface area contributed by atoms with Crippen molar-refractivity contribution >= 4 is 16.7 Å². The first kappa shape index (κ1) is 19.1. The normalized spacial score (nSPS) is 18.9. The third-order valence-electron chi connectivity index (χ3n) is 6.37. The number of carbonyl (C=O) groups is 1. The zero-order valence-corrected chi connectivity index (χ0v) is 17.9. The van der Waals surface area contributed by atoms with Gasteiger partial charge in [-0.3, -0.25) is 4.79 Å². The van der Waals surface area contributed by atoms with Crippen molar-refractivity contribution in [1.29, 1.82) is 0 Å². The van der Waals surface area contributed by atoms with E-state index in [2.05, 4.69) is 72.8 Å². The van der Waals surface area contributed by atoms with Crippen LogP contribution in [0.2, 0.25) is 0 Å². The molecule has 1 amide bonds. The van der Waals surface area contributed by atoms with Crippen LogP contribution in [0.1, 0.15) is 39.9 Å². The highest BCUT2D eigenvalue weighted by atomic mass is 16.5. The van der Waals surface area contributed by atoms with Crippen LogP contribution >= 0.6 is 0 Å². The number of hydrogen-bond donors (Lipinski definition) is 1. The van der Waals surface area contributed by atoms with Gasteiger partial charge in [-0.15, -0.1) is 0 Å². The summed E-state index contributed by atoms with van der Waals surface area (Å²) in [4.78, 5) is 15.5. The molecule has 1 saturated carbocycles. The first-order chi connectivity index (χ1) is 14.4. The number of carbonyl (C=O) groups excluding carboxylic acids is 1. The van der Waals surface area contributed by atoms with Gasteiger partial charge < -0.3 is 15.0 Å². The molecule has 2 aliphatic rings. The number of benzene rings is 3.